The number of aryl methyl sites for hydroxylation is 1. The number of nitrogens with zero attached hydrogens (tertiary/aromatic N) is 3. The molecule has 0 N–H and O–H groups in total. The number of alkyl halides is 3. The number of benzene rings is 2. The molecule has 0 bridgehead atoms. The maximum atomic E-state index is 13.6. The van der Waals surface area contributed by atoms with Crippen molar-refractivity contribution in [1.29, 1.82) is 0 Å². The Kier molecular flexibility index (Phi) is 6.30. The number of likely N-dealkylation sites (tertiary alicyclic amines) is 1. The fourth-order valence-corrected chi connectivity index (χ4v) is 4.42. The molecule has 172 valence electrons. The van der Waals surface area contributed by atoms with Crippen LogP contribution in [0.25, 0.3) is 5.69 Å². The first-order chi connectivity index (χ1) is 15.7. The molecule has 0 spiro atoms. The molecule has 1 aromatic heterocycles. The lowest BCUT2D eigenvalue weighted by Gasteiger charge is -2.25. The summed E-state index contributed by atoms with van der Waals surface area (Å²) in [5.41, 5.74) is -1.09. The second-order valence-electron chi connectivity index (χ2n) is 8.02. The Morgan fingerprint density at radius 2 is 1.85 bits per heavy atom. The first-order valence-electron chi connectivity index (χ1n) is 10.5. The van der Waals surface area contributed by atoms with Gasteiger partial charge >= 0.3 is 6.18 Å². The van der Waals surface area contributed by atoms with E-state index in [9.17, 15) is 22.8 Å². The van der Waals surface area contributed by atoms with E-state index < -0.39 is 28.8 Å². The number of halogens is 4. The maximum Gasteiger partial charge on any atom is 0.418 e. The van der Waals surface area contributed by atoms with E-state index in [0.29, 0.717) is 18.0 Å². The minimum Gasteiger partial charge on any atom is -0.334 e. The SMILES string of the molecule is Cc1cc(=O)c(C(=O)N2CCC[C@@H]2Cc2ccccc2Cl)nn1-c1ccccc1C(F)(F)F. The molecule has 1 atom stereocenters. The Labute approximate surface area is 193 Å². The molecule has 0 aliphatic carbocycles. The van der Waals surface area contributed by atoms with Gasteiger partial charge in [-0.15, -0.1) is 0 Å². The van der Waals surface area contributed by atoms with Crippen LogP contribution in [0.15, 0.2) is 59.4 Å². The zero-order chi connectivity index (χ0) is 23.8. The third-order valence-electron chi connectivity index (χ3n) is 5.80. The van der Waals surface area contributed by atoms with Crippen LogP contribution >= 0.6 is 11.6 Å². The van der Waals surface area contributed by atoms with Crippen molar-refractivity contribution in [2.24, 2.45) is 0 Å². The summed E-state index contributed by atoms with van der Waals surface area (Å²) in [6.07, 6.45) is -2.62. The summed E-state index contributed by atoms with van der Waals surface area (Å²) >= 11 is 6.27. The van der Waals surface area contributed by atoms with Crippen molar-refractivity contribution in [3.05, 3.63) is 92.4 Å². The molecule has 4 rings (SSSR count). The van der Waals surface area contributed by atoms with Gasteiger partial charge in [0.15, 0.2) is 5.69 Å². The average molecular weight is 476 g/mol. The van der Waals surface area contributed by atoms with Gasteiger partial charge < -0.3 is 4.90 Å². The van der Waals surface area contributed by atoms with E-state index in [1.807, 2.05) is 18.2 Å². The van der Waals surface area contributed by atoms with E-state index in [0.717, 1.165) is 35.2 Å². The second-order valence-corrected chi connectivity index (χ2v) is 8.42. The van der Waals surface area contributed by atoms with E-state index in [4.69, 9.17) is 11.6 Å². The summed E-state index contributed by atoms with van der Waals surface area (Å²) in [6, 6.07) is 13.2. The summed E-state index contributed by atoms with van der Waals surface area (Å²) in [5, 5.41) is 4.70. The molecule has 2 aromatic carbocycles. The highest BCUT2D eigenvalue weighted by molar-refractivity contribution is 6.31. The number of carbonyl (C=O) groups is 1. The predicted molar refractivity (Wildman–Crippen MR) is 119 cm³/mol. The summed E-state index contributed by atoms with van der Waals surface area (Å²) in [7, 11) is 0. The molecule has 1 aliphatic rings. The molecule has 0 unspecified atom stereocenters. The first kappa shape index (κ1) is 23.0. The van der Waals surface area contributed by atoms with Crippen LogP contribution in [-0.4, -0.2) is 33.2 Å². The van der Waals surface area contributed by atoms with Gasteiger partial charge in [-0.3, -0.25) is 9.59 Å². The Balaban J connectivity index is 1.71. The molecule has 9 heteroatoms. The fourth-order valence-electron chi connectivity index (χ4n) is 4.21. The van der Waals surface area contributed by atoms with E-state index in [1.54, 1.807) is 11.0 Å². The Hall–Kier alpha value is -3.13. The van der Waals surface area contributed by atoms with Gasteiger partial charge in [0.05, 0.1) is 11.3 Å². The summed E-state index contributed by atoms with van der Waals surface area (Å²) < 4.78 is 41.7. The fraction of sp³-hybridized carbons (Fsp3) is 0.292. The minimum atomic E-state index is -4.62. The van der Waals surface area contributed by atoms with Crippen LogP contribution < -0.4 is 5.43 Å². The van der Waals surface area contributed by atoms with Crippen molar-refractivity contribution in [2.45, 2.75) is 38.4 Å². The van der Waals surface area contributed by atoms with Gasteiger partial charge in [0.25, 0.3) is 5.91 Å². The zero-order valence-corrected chi connectivity index (χ0v) is 18.5. The quantitative estimate of drug-likeness (QED) is 0.530. The predicted octanol–water partition coefficient (Wildman–Crippen LogP) is 5.06. The van der Waals surface area contributed by atoms with E-state index in [2.05, 4.69) is 5.10 Å². The number of hydrogen-bond donors (Lipinski definition) is 0. The highest BCUT2D eigenvalue weighted by Gasteiger charge is 2.35. The molecule has 33 heavy (non-hydrogen) atoms. The van der Waals surface area contributed by atoms with Crippen LogP contribution in [0.5, 0.6) is 0 Å². The lowest BCUT2D eigenvalue weighted by molar-refractivity contribution is -0.137. The minimum absolute atomic E-state index is 0.184. The van der Waals surface area contributed by atoms with Crippen molar-refractivity contribution in [3.8, 4) is 5.69 Å². The molecule has 1 fully saturated rings. The van der Waals surface area contributed by atoms with Gasteiger partial charge in [-0.1, -0.05) is 41.9 Å². The number of rotatable bonds is 4. The topological polar surface area (TPSA) is 55.2 Å². The summed E-state index contributed by atoms with van der Waals surface area (Å²) in [5.74, 6) is -0.590. The molecular weight excluding hydrogens is 455 g/mol. The first-order valence-corrected chi connectivity index (χ1v) is 10.9. The Morgan fingerprint density at radius 1 is 1.15 bits per heavy atom. The molecule has 1 amide bonds. The molecule has 2 heterocycles. The standard InChI is InChI=1S/C24H21ClF3N3O2/c1-15-13-21(32)22(29-31(15)20-11-5-3-9-18(20)24(26,27)28)23(33)30-12-6-8-17(30)14-16-7-2-4-10-19(16)25/h2-5,7,9-11,13,17H,6,8,12,14H2,1H3/t17-/m1/s1. The molecular formula is C24H21ClF3N3O2. The number of aromatic nitrogens is 2. The lowest BCUT2D eigenvalue weighted by atomic mass is 10.0. The molecule has 5 nitrogen and oxygen atoms in total. The van der Waals surface area contributed by atoms with Gasteiger partial charge in [-0.25, -0.2) is 4.68 Å². The van der Waals surface area contributed by atoms with Gasteiger partial charge in [-0.05, 0) is 49.9 Å². The van der Waals surface area contributed by atoms with Crippen molar-refractivity contribution in [3.63, 3.8) is 0 Å². The van der Waals surface area contributed by atoms with Crippen molar-refractivity contribution < 1.29 is 18.0 Å². The van der Waals surface area contributed by atoms with E-state index in [-0.39, 0.29) is 17.4 Å². The number of hydrogen-bond acceptors (Lipinski definition) is 3. The van der Waals surface area contributed by atoms with Gasteiger partial charge in [-0.2, -0.15) is 18.3 Å². The molecule has 0 radical (unpaired) electrons. The Bertz CT molecular complexity index is 1260. The molecule has 0 saturated carbocycles. The van der Waals surface area contributed by atoms with Crippen LogP contribution in [0, 0.1) is 6.92 Å². The van der Waals surface area contributed by atoms with E-state index >= 15 is 0 Å². The molecule has 3 aromatic rings. The van der Waals surface area contributed by atoms with Crippen LogP contribution in [0.1, 0.15) is 40.2 Å². The third kappa shape index (κ3) is 4.66. The highest BCUT2D eigenvalue weighted by Crippen LogP contribution is 2.33. The van der Waals surface area contributed by atoms with Crippen LogP contribution in [0.2, 0.25) is 5.02 Å². The number of para-hydroxylation sites is 1. The lowest BCUT2D eigenvalue weighted by Crippen LogP contribution is -2.40. The molecule has 1 saturated heterocycles. The van der Waals surface area contributed by atoms with E-state index in [1.165, 1.54) is 25.1 Å². The monoisotopic (exact) mass is 475 g/mol. The second kappa shape index (κ2) is 9.02. The van der Waals surface area contributed by atoms with Gasteiger partial charge in [0.1, 0.15) is 0 Å². The largest absolute Gasteiger partial charge is 0.418 e. The highest BCUT2D eigenvalue weighted by atomic mass is 35.5. The van der Waals surface area contributed by atoms with Crippen molar-refractivity contribution in [1.82, 2.24) is 14.7 Å². The average Bonchev–Trinajstić information content (AvgIpc) is 3.23. The third-order valence-corrected chi connectivity index (χ3v) is 6.17. The number of carbonyl (C=O) groups excluding carboxylic acids is 1. The number of amides is 1. The molecule has 1 aliphatic heterocycles. The normalized spacial score (nSPS) is 16.3. The smallest absolute Gasteiger partial charge is 0.334 e. The van der Waals surface area contributed by atoms with Crippen LogP contribution in [-0.2, 0) is 12.6 Å². The zero-order valence-electron chi connectivity index (χ0n) is 17.8. The van der Waals surface area contributed by atoms with Crippen LogP contribution in [0.3, 0.4) is 0 Å². The summed E-state index contributed by atoms with van der Waals surface area (Å²) in [6.45, 7) is 1.91. The van der Waals surface area contributed by atoms with Crippen molar-refractivity contribution >= 4 is 17.5 Å². The Morgan fingerprint density at radius 3 is 2.58 bits per heavy atom. The van der Waals surface area contributed by atoms with Crippen molar-refractivity contribution in [2.75, 3.05) is 6.54 Å². The van der Waals surface area contributed by atoms with Gasteiger partial charge in [0.2, 0.25) is 5.43 Å². The summed E-state index contributed by atoms with van der Waals surface area (Å²) in [4.78, 5) is 27.6. The maximum absolute atomic E-state index is 13.6. The van der Waals surface area contributed by atoms with Gasteiger partial charge in [0, 0.05) is 29.4 Å². The van der Waals surface area contributed by atoms with Crippen LogP contribution in [0.4, 0.5) is 13.2 Å².